The fourth-order valence-corrected chi connectivity index (χ4v) is 4.22. The normalized spacial score (nSPS) is 18.8. The topological polar surface area (TPSA) is 134 Å². The molecule has 0 radical (unpaired) electrons. The maximum Gasteiger partial charge on any atom is 0.358 e. The summed E-state index contributed by atoms with van der Waals surface area (Å²) < 4.78 is 12.1. The molecule has 1 atom stereocenters. The van der Waals surface area contributed by atoms with Crippen molar-refractivity contribution in [3.05, 3.63) is 63.4 Å². The van der Waals surface area contributed by atoms with E-state index in [4.69, 9.17) is 20.2 Å². The first-order chi connectivity index (χ1) is 15.0. The van der Waals surface area contributed by atoms with Crippen molar-refractivity contribution < 1.29 is 24.2 Å². The van der Waals surface area contributed by atoms with Gasteiger partial charge in [0.25, 0.3) is 11.2 Å². The highest BCUT2D eigenvalue weighted by Gasteiger charge is 2.51. The minimum absolute atomic E-state index is 0.0134. The molecule has 0 amide bonds. The lowest BCUT2D eigenvalue weighted by molar-refractivity contribution is -0.194. The average molecular weight is 421 g/mol. The number of ether oxygens (including phenoxy) is 2. The summed E-state index contributed by atoms with van der Waals surface area (Å²) in [6, 6.07) is 11.2. The molecule has 9 heteroatoms. The zero-order chi connectivity index (χ0) is 21.8. The Morgan fingerprint density at radius 3 is 2.87 bits per heavy atom. The number of carbonyl (C=O) groups is 2. The van der Waals surface area contributed by atoms with E-state index in [1.807, 2.05) is 30.3 Å². The summed E-state index contributed by atoms with van der Waals surface area (Å²) in [5.74, 6) is -1.70. The Balaban J connectivity index is 1.73. The van der Waals surface area contributed by atoms with Crippen LogP contribution in [-0.4, -0.2) is 39.7 Å². The molecule has 0 fully saturated rings. The Morgan fingerprint density at radius 2 is 2.10 bits per heavy atom. The molecule has 0 aliphatic carbocycles. The van der Waals surface area contributed by atoms with Gasteiger partial charge in [-0.2, -0.15) is 0 Å². The van der Waals surface area contributed by atoms with E-state index >= 15 is 0 Å². The first-order valence-electron chi connectivity index (χ1n) is 9.84. The van der Waals surface area contributed by atoms with E-state index < -0.39 is 24.1 Å². The van der Waals surface area contributed by atoms with Gasteiger partial charge in [-0.3, -0.25) is 9.59 Å². The molecule has 3 N–H and O–H groups in total. The van der Waals surface area contributed by atoms with Crippen LogP contribution in [0.15, 0.2) is 41.2 Å². The summed E-state index contributed by atoms with van der Waals surface area (Å²) >= 11 is 0. The molecule has 4 heterocycles. The van der Waals surface area contributed by atoms with Gasteiger partial charge in [-0.1, -0.05) is 18.2 Å². The highest BCUT2D eigenvalue weighted by Crippen LogP contribution is 2.39. The van der Waals surface area contributed by atoms with Crippen molar-refractivity contribution in [3.63, 3.8) is 0 Å². The third-order valence-corrected chi connectivity index (χ3v) is 5.75. The molecule has 0 saturated heterocycles. The zero-order valence-corrected chi connectivity index (χ0v) is 16.5. The van der Waals surface area contributed by atoms with Crippen LogP contribution in [0.25, 0.3) is 22.3 Å². The minimum atomic E-state index is -2.12. The molecule has 0 bridgehead atoms. The quantitative estimate of drug-likeness (QED) is 0.457. The van der Waals surface area contributed by atoms with Gasteiger partial charge in [0, 0.05) is 23.1 Å². The van der Waals surface area contributed by atoms with Crippen LogP contribution in [0.5, 0.6) is 0 Å². The molecule has 1 aromatic carbocycles. The van der Waals surface area contributed by atoms with E-state index in [0.29, 0.717) is 17.9 Å². The Morgan fingerprint density at radius 1 is 1.29 bits per heavy atom. The molecular weight excluding hydrogens is 402 g/mol. The van der Waals surface area contributed by atoms with Gasteiger partial charge in [-0.05, 0) is 18.2 Å². The number of para-hydroxylation sites is 1. The minimum Gasteiger partial charge on any atom is -0.457 e. The number of nitrogens with two attached hydrogens (primary N) is 1. The SMILES string of the molecule is NCCC(=O)O[C@@]1(CO)C(=O)OCc2c1cc1n(c2=O)Cc2cc3ccccc3nc2-1. The first-order valence-corrected chi connectivity index (χ1v) is 9.84. The summed E-state index contributed by atoms with van der Waals surface area (Å²) in [6.45, 7) is -0.799. The van der Waals surface area contributed by atoms with Crippen molar-refractivity contribution in [1.82, 2.24) is 9.55 Å². The van der Waals surface area contributed by atoms with Crippen LogP contribution >= 0.6 is 0 Å². The number of rotatable bonds is 4. The molecule has 158 valence electrons. The fraction of sp³-hybridized carbons (Fsp3) is 0.273. The van der Waals surface area contributed by atoms with Gasteiger partial charge in [-0.25, -0.2) is 9.78 Å². The molecular formula is C22H19N3O6. The predicted molar refractivity (Wildman–Crippen MR) is 109 cm³/mol. The van der Waals surface area contributed by atoms with Crippen molar-refractivity contribution in [1.29, 1.82) is 0 Å². The highest BCUT2D eigenvalue weighted by atomic mass is 16.6. The Labute approximate surface area is 176 Å². The average Bonchev–Trinajstić information content (AvgIpc) is 3.12. The van der Waals surface area contributed by atoms with Crippen LogP contribution in [0, 0.1) is 0 Å². The maximum absolute atomic E-state index is 13.3. The van der Waals surface area contributed by atoms with E-state index in [9.17, 15) is 19.5 Å². The van der Waals surface area contributed by atoms with Crippen LogP contribution < -0.4 is 11.3 Å². The number of pyridine rings is 2. The molecule has 31 heavy (non-hydrogen) atoms. The van der Waals surface area contributed by atoms with Crippen molar-refractivity contribution in [2.24, 2.45) is 5.73 Å². The number of carbonyl (C=O) groups excluding carboxylic acids is 2. The number of nitrogens with zero attached hydrogens (tertiary/aromatic N) is 2. The molecule has 0 unspecified atom stereocenters. The number of fused-ring (bicyclic) bond motifs is 5. The molecule has 2 aliphatic rings. The lowest BCUT2D eigenvalue weighted by atomic mass is 9.88. The van der Waals surface area contributed by atoms with Crippen LogP contribution in [0.3, 0.4) is 0 Å². The second kappa shape index (κ2) is 7.00. The third kappa shape index (κ3) is 2.77. The van der Waals surface area contributed by atoms with Crippen LogP contribution in [0.1, 0.15) is 23.1 Å². The number of aliphatic hydroxyl groups excluding tert-OH is 1. The highest BCUT2D eigenvalue weighted by molar-refractivity contribution is 5.88. The Kier molecular flexibility index (Phi) is 4.38. The number of esters is 2. The number of aromatic nitrogens is 2. The molecule has 5 rings (SSSR count). The predicted octanol–water partition coefficient (Wildman–Crippen LogP) is 0.562. The molecule has 0 saturated carbocycles. The van der Waals surface area contributed by atoms with Gasteiger partial charge >= 0.3 is 11.9 Å². The van der Waals surface area contributed by atoms with Crippen molar-refractivity contribution >= 4 is 22.8 Å². The summed E-state index contributed by atoms with van der Waals surface area (Å²) in [7, 11) is 0. The smallest absolute Gasteiger partial charge is 0.358 e. The molecule has 2 aromatic heterocycles. The van der Waals surface area contributed by atoms with E-state index in [2.05, 4.69) is 0 Å². The zero-order valence-electron chi connectivity index (χ0n) is 16.5. The lowest BCUT2D eigenvalue weighted by Crippen LogP contribution is -2.50. The van der Waals surface area contributed by atoms with E-state index in [1.54, 1.807) is 10.6 Å². The molecule has 3 aromatic rings. The number of cyclic esters (lactones) is 1. The molecule has 0 spiro atoms. The van der Waals surface area contributed by atoms with Gasteiger partial charge in [-0.15, -0.1) is 0 Å². The van der Waals surface area contributed by atoms with E-state index in [-0.39, 0.29) is 36.3 Å². The van der Waals surface area contributed by atoms with Crippen molar-refractivity contribution in [3.8, 4) is 11.4 Å². The van der Waals surface area contributed by atoms with Crippen LogP contribution in [0.4, 0.5) is 0 Å². The van der Waals surface area contributed by atoms with Gasteiger partial charge < -0.3 is 24.9 Å². The van der Waals surface area contributed by atoms with Gasteiger partial charge in [0.2, 0.25) is 0 Å². The monoisotopic (exact) mass is 421 g/mol. The maximum atomic E-state index is 13.3. The summed E-state index contributed by atoms with van der Waals surface area (Å²) in [5, 5.41) is 11.1. The lowest BCUT2D eigenvalue weighted by Gasteiger charge is -2.34. The number of hydrogen-bond acceptors (Lipinski definition) is 8. The van der Waals surface area contributed by atoms with Gasteiger partial charge in [0.05, 0.1) is 42.0 Å². The fourth-order valence-electron chi connectivity index (χ4n) is 4.22. The van der Waals surface area contributed by atoms with Crippen LogP contribution in [-0.2, 0) is 37.8 Å². The molecule has 9 nitrogen and oxygen atoms in total. The second-order valence-electron chi connectivity index (χ2n) is 7.58. The molecule has 2 aliphatic heterocycles. The largest absolute Gasteiger partial charge is 0.457 e. The summed E-state index contributed by atoms with van der Waals surface area (Å²) in [5.41, 5.74) is 5.92. The summed E-state index contributed by atoms with van der Waals surface area (Å²) in [6.07, 6.45) is -0.148. The number of hydrogen-bond donors (Lipinski definition) is 2. The third-order valence-electron chi connectivity index (χ3n) is 5.75. The van der Waals surface area contributed by atoms with Crippen molar-refractivity contribution in [2.45, 2.75) is 25.2 Å². The Hall–Kier alpha value is -3.56. The standard InChI is InChI=1S/C22H19N3O6/c23-6-5-18(27)31-22(11-26)15-8-17-19-13(7-12-3-1-2-4-16(12)24-19)9-25(17)20(28)14(15)10-30-21(22)29/h1-4,7-8,26H,5-6,9-11,23H2/t22-/m1/s1. The Bertz CT molecular complexity index is 1310. The van der Waals surface area contributed by atoms with Gasteiger partial charge in [0.1, 0.15) is 6.61 Å². The van der Waals surface area contributed by atoms with E-state index in [1.165, 1.54) is 0 Å². The second-order valence-corrected chi connectivity index (χ2v) is 7.58. The summed E-state index contributed by atoms with van der Waals surface area (Å²) in [4.78, 5) is 42.8. The number of benzene rings is 1. The van der Waals surface area contributed by atoms with Crippen LogP contribution in [0.2, 0.25) is 0 Å². The van der Waals surface area contributed by atoms with E-state index in [0.717, 1.165) is 16.5 Å². The van der Waals surface area contributed by atoms with Crippen molar-refractivity contribution in [2.75, 3.05) is 13.2 Å². The van der Waals surface area contributed by atoms with Gasteiger partial charge in [0.15, 0.2) is 0 Å². The number of aliphatic hydroxyl groups is 1. The first kappa shape index (κ1) is 19.4.